The van der Waals surface area contributed by atoms with Gasteiger partial charge in [0.2, 0.25) is 12.1 Å². The van der Waals surface area contributed by atoms with Crippen LogP contribution < -0.4 is 4.74 Å². The number of phenols is 1. The van der Waals surface area contributed by atoms with Crippen LogP contribution in [0.3, 0.4) is 0 Å². The lowest BCUT2D eigenvalue weighted by molar-refractivity contribution is -0.255. The van der Waals surface area contributed by atoms with Crippen molar-refractivity contribution >= 4 is 22.4 Å². The number of hydrogen-bond donors (Lipinski definition) is 3. The Morgan fingerprint density at radius 2 is 1.77 bits per heavy atom. The van der Waals surface area contributed by atoms with Gasteiger partial charge < -0.3 is 39.3 Å². The second-order valence-corrected chi connectivity index (χ2v) is 17.0. The molecule has 4 aromatic rings. The fourth-order valence-electron chi connectivity index (χ4n) is 10.4. The number of hydrogen-bond acceptors (Lipinski definition) is 10. The van der Waals surface area contributed by atoms with Crippen LogP contribution in [0.5, 0.6) is 11.5 Å². The zero-order chi connectivity index (χ0) is 43.1. The van der Waals surface area contributed by atoms with Crippen molar-refractivity contribution in [2.24, 2.45) is 22.9 Å². The van der Waals surface area contributed by atoms with Gasteiger partial charge in [-0.2, -0.15) is 5.26 Å². The van der Waals surface area contributed by atoms with E-state index in [1.165, 1.54) is 0 Å². The number of aliphatic hydroxyl groups is 2. The molecule has 2 fully saturated rings. The molecule has 7 atom stereocenters. The number of nitrogens with zero attached hydrogens (tertiary/aromatic N) is 3. The summed E-state index contributed by atoms with van der Waals surface area (Å²) in [5.41, 5.74) is 4.20. The average molecular weight is 840 g/mol. The molecule has 3 N–H and O–H groups in total. The van der Waals surface area contributed by atoms with Crippen molar-refractivity contribution in [3.8, 4) is 17.6 Å². The molecule has 0 spiro atoms. The number of oxime groups is 1. The van der Waals surface area contributed by atoms with E-state index < -0.39 is 24.0 Å². The molecule has 1 saturated heterocycles. The highest BCUT2D eigenvalue weighted by molar-refractivity contribution is 6.03. The van der Waals surface area contributed by atoms with E-state index in [0.717, 1.165) is 66.0 Å². The zero-order valence-electron chi connectivity index (χ0n) is 35.2. The third-order valence-electron chi connectivity index (χ3n) is 13.2. The summed E-state index contributed by atoms with van der Waals surface area (Å²) >= 11 is 0. The Balaban J connectivity index is 1.37. The van der Waals surface area contributed by atoms with E-state index in [1.54, 1.807) is 48.5 Å². The molecule has 11 heteroatoms. The minimum atomic E-state index is -1.49. The largest absolute Gasteiger partial charge is 0.508 e. The highest BCUT2D eigenvalue weighted by atomic mass is 16.8. The van der Waals surface area contributed by atoms with Crippen LogP contribution in [0.1, 0.15) is 97.2 Å². The molecular formula is C51H57N3O8. The standard InChI is InChI=1S/C51H57N3O8/c1-2-27-60-51-46(54(50(58)36-21-19-34(32-52)20-22-36)33-38-15-11-14-35-12-3-4-16-40(35)38)31-44(53-62-47-18-7-10-28-59-47)42-29-37(13-5-8-25-55)41(17-6-9-26-56)48(49(42)51)43-30-39(57)23-24-45(43)61-51/h2-4,11-12,14-16,19-24,29-30,37,41,46-49,55-57H,1,5-10,13,17-18,25-28,31,33H2. The van der Waals surface area contributed by atoms with E-state index in [4.69, 9.17) is 24.2 Å². The van der Waals surface area contributed by atoms with Crippen LogP contribution >= 0.6 is 0 Å². The monoisotopic (exact) mass is 839 g/mol. The maximum absolute atomic E-state index is 15.5. The molecule has 0 bridgehead atoms. The lowest BCUT2D eigenvalue weighted by atomic mass is 9.55. The number of unbranched alkanes of at least 4 members (excludes halogenated alkanes) is 2. The number of carbonyl (C=O) groups is 1. The number of rotatable bonds is 17. The van der Waals surface area contributed by atoms with Crippen LogP contribution in [0.4, 0.5) is 0 Å². The average Bonchev–Trinajstić information content (AvgIpc) is 3.31. The van der Waals surface area contributed by atoms with Crippen LogP contribution in [-0.4, -0.2) is 76.4 Å². The van der Waals surface area contributed by atoms with E-state index in [9.17, 15) is 20.6 Å². The third kappa shape index (κ3) is 8.75. The summed E-state index contributed by atoms with van der Waals surface area (Å²) in [5.74, 6) is -1.86. The highest BCUT2D eigenvalue weighted by Crippen LogP contribution is 2.62. The molecule has 4 aromatic carbocycles. The van der Waals surface area contributed by atoms with Gasteiger partial charge in [0, 0.05) is 49.6 Å². The Labute approximate surface area is 363 Å². The van der Waals surface area contributed by atoms with Gasteiger partial charge >= 0.3 is 0 Å². The van der Waals surface area contributed by atoms with Crippen LogP contribution in [0.15, 0.2) is 114 Å². The fraction of sp³-hybridized carbons (Fsp3) is 0.431. The molecule has 11 nitrogen and oxygen atoms in total. The van der Waals surface area contributed by atoms with Crippen molar-refractivity contribution in [1.29, 1.82) is 5.26 Å². The highest BCUT2D eigenvalue weighted by Gasteiger charge is 2.65. The van der Waals surface area contributed by atoms with Crippen LogP contribution in [0, 0.1) is 29.1 Å². The molecule has 2 aliphatic carbocycles. The Kier molecular flexibility index (Phi) is 13.7. The number of aliphatic hydroxyl groups excluding tert-OH is 2. The summed E-state index contributed by atoms with van der Waals surface area (Å²) in [6.45, 7) is 5.11. The van der Waals surface area contributed by atoms with E-state index >= 15 is 4.79 Å². The SMILES string of the molecule is C=CCOC12Oc3ccc(O)cc3C3C(CCCCO)C(CCCCO)C=C(C(=NOC4CCCCO4)CC1N(Cc1cccc4ccccc14)C(=O)c1ccc(C#N)cc1)C32. The normalized spacial score (nSPS) is 25.8. The van der Waals surface area contributed by atoms with Gasteiger partial charge in [0.05, 0.1) is 36.5 Å². The number of benzene rings is 4. The molecule has 62 heavy (non-hydrogen) atoms. The van der Waals surface area contributed by atoms with Gasteiger partial charge in [0.25, 0.3) is 5.91 Å². The minimum Gasteiger partial charge on any atom is -0.508 e. The van der Waals surface area contributed by atoms with E-state index in [-0.39, 0.29) is 62.2 Å². The number of fused-ring (bicyclic) bond motifs is 3. The maximum atomic E-state index is 15.5. The first-order chi connectivity index (χ1) is 30.4. The molecule has 2 aliphatic heterocycles. The zero-order valence-corrected chi connectivity index (χ0v) is 35.2. The van der Waals surface area contributed by atoms with Crippen molar-refractivity contribution in [1.82, 2.24) is 4.90 Å². The molecular weight excluding hydrogens is 783 g/mol. The maximum Gasteiger partial charge on any atom is 0.254 e. The van der Waals surface area contributed by atoms with Crippen LogP contribution in [0.25, 0.3) is 10.8 Å². The van der Waals surface area contributed by atoms with Crippen LogP contribution in [-0.2, 0) is 20.9 Å². The van der Waals surface area contributed by atoms with Gasteiger partial charge in [-0.05, 0) is 115 Å². The predicted molar refractivity (Wildman–Crippen MR) is 236 cm³/mol. The van der Waals surface area contributed by atoms with E-state index in [0.29, 0.717) is 48.5 Å². The molecule has 1 amide bonds. The van der Waals surface area contributed by atoms with Gasteiger partial charge in [-0.25, -0.2) is 0 Å². The van der Waals surface area contributed by atoms with E-state index in [2.05, 4.69) is 36.9 Å². The Morgan fingerprint density at radius 1 is 0.984 bits per heavy atom. The van der Waals surface area contributed by atoms with Gasteiger partial charge in [-0.1, -0.05) is 72.6 Å². The second kappa shape index (κ2) is 19.7. The van der Waals surface area contributed by atoms with Crippen molar-refractivity contribution in [3.63, 3.8) is 0 Å². The van der Waals surface area contributed by atoms with Gasteiger partial charge in [-0.15, -0.1) is 6.58 Å². The Hall–Kier alpha value is -5.51. The van der Waals surface area contributed by atoms with Crippen molar-refractivity contribution < 1.29 is 39.2 Å². The molecule has 1 saturated carbocycles. The van der Waals surface area contributed by atoms with Gasteiger partial charge in [0.15, 0.2) is 0 Å². The molecule has 2 heterocycles. The van der Waals surface area contributed by atoms with E-state index in [1.807, 2.05) is 29.2 Å². The first-order valence-electron chi connectivity index (χ1n) is 22.2. The number of phenolic OH excluding ortho intramolecular Hbond substituents is 1. The topological polar surface area (TPSA) is 154 Å². The quantitative estimate of drug-likeness (QED) is 0.0537. The third-order valence-corrected chi connectivity index (χ3v) is 13.2. The molecule has 324 valence electrons. The number of amides is 1. The molecule has 4 aliphatic rings. The molecule has 0 aromatic heterocycles. The second-order valence-electron chi connectivity index (χ2n) is 17.0. The van der Waals surface area contributed by atoms with Gasteiger partial charge in [-0.3, -0.25) is 4.79 Å². The molecule has 0 radical (unpaired) electrons. The summed E-state index contributed by atoms with van der Waals surface area (Å²) in [4.78, 5) is 23.6. The number of ether oxygens (including phenoxy) is 3. The van der Waals surface area contributed by atoms with Gasteiger partial charge in [0.1, 0.15) is 17.5 Å². The first-order valence-corrected chi connectivity index (χ1v) is 22.2. The summed E-state index contributed by atoms with van der Waals surface area (Å²) in [7, 11) is 0. The summed E-state index contributed by atoms with van der Waals surface area (Å²) in [6, 6.07) is 27.5. The van der Waals surface area contributed by atoms with Crippen LogP contribution in [0.2, 0.25) is 0 Å². The lowest BCUT2D eigenvalue weighted by Gasteiger charge is -2.60. The first kappa shape index (κ1) is 43.2. The summed E-state index contributed by atoms with van der Waals surface area (Å²) in [6.07, 6.45) is 10.8. The smallest absolute Gasteiger partial charge is 0.254 e. The van der Waals surface area contributed by atoms with Crippen molar-refractivity contribution in [3.05, 3.63) is 131 Å². The number of carbonyl (C=O) groups excluding carboxylic acids is 1. The lowest BCUT2D eigenvalue weighted by Crippen LogP contribution is -2.70. The summed E-state index contributed by atoms with van der Waals surface area (Å²) < 4.78 is 20.5. The number of allylic oxidation sites excluding steroid dienone is 1. The summed E-state index contributed by atoms with van der Waals surface area (Å²) in [5, 5.41) is 47.7. The van der Waals surface area contributed by atoms with Crippen molar-refractivity contribution in [2.75, 3.05) is 26.4 Å². The minimum absolute atomic E-state index is 0.00786. The number of aromatic hydroxyl groups is 1. The number of nitriles is 1. The van der Waals surface area contributed by atoms with Crippen molar-refractivity contribution in [2.45, 2.75) is 94.8 Å². The molecule has 8 rings (SSSR count). The fourth-order valence-corrected chi connectivity index (χ4v) is 10.4. The predicted octanol–water partition coefficient (Wildman–Crippen LogP) is 8.92. The Morgan fingerprint density at radius 3 is 2.53 bits per heavy atom. The molecule has 7 unspecified atom stereocenters. The Bertz CT molecular complexity index is 2310.